The molecule has 9 N–H and O–H groups in total. The second-order valence-electron chi connectivity index (χ2n) is 6.69. The number of hydrogen-bond donors (Lipinski definition) is 7. The molecular formula is C15H16N10O7. The standard InChI is InChI=1S/C10H13N5O5.C5H3N5O2/c11-9-13-7-6(8(18)14-9)12-10(19)15(7)5-1-3(17)4(2-16)20-5;6-4-8-2-1(3(11)10-4)7-5(12)9-2/h3-5,16-17H,1-2H2,(H,12,19)(H3,11,13,14,18);(H3,6,8,9,10,11,12)/t3-,4+,5+;/m0./s1. The lowest BCUT2D eigenvalue weighted by Crippen LogP contribution is -2.41. The molecule has 0 aromatic carbocycles. The van der Waals surface area contributed by atoms with E-state index >= 15 is 0 Å². The number of nitrogens with zero attached hydrogens (tertiary/aromatic N) is 5. The van der Waals surface area contributed by atoms with E-state index in [2.05, 4.69) is 34.9 Å². The zero-order valence-corrected chi connectivity index (χ0v) is 16.0. The van der Waals surface area contributed by atoms with Crippen LogP contribution in [0.2, 0.25) is 0 Å². The van der Waals surface area contributed by atoms with Crippen molar-refractivity contribution in [2.24, 2.45) is 9.98 Å². The minimum absolute atomic E-state index is 0.0127. The normalized spacial score (nSPS) is 21.6. The topological polar surface area (TPSA) is 273 Å². The molecular weight excluding hydrogens is 432 g/mol. The van der Waals surface area contributed by atoms with Gasteiger partial charge in [0, 0.05) is 6.42 Å². The number of hydrogen-bond acceptors (Lipinski definition) is 11. The first-order valence-electron chi connectivity index (χ1n) is 8.99. The van der Waals surface area contributed by atoms with Gasteiger partial charge in [0.1, 0.15) is 12.3 Å². The molecule has 3 atom stereocenters. The van der Waals surface area contributed by atoms with E-state index in [0.29, 0.717) is 0 Å². The lowest BCUT2D eigenvalue weighted by Gasteiger charge is -2.12. The molecule has 168 valence electrons. The number of nitrogens with one attached hydrogen (secondary N) is 3. The van der Waals surface area contributed by atoms with Crippen LogP contribution in [0.15, 0.2) is 24.4 Å². The molecule has 17 nitrogen and oxygen atoms in total. The molecule has 0 saturated carbocycles. The molecule has 0 spiro atoms. The van der Waals surface area contributed by atoms with Gasteiger partial charge in [0.2, 0.25) is 11.9 Å². The number of imidazole rings is 1. The van der Waals surface area contributed by atoms with Crippen molar-refractivity contribution in [1.29, 1.82) is 0 Å². The number of nitrogens with two attached hydrogens (primary N) is 2. The van der Waals surface area contributed by atoms with Crippen LogP contribution < -0.4 is 39.1 Å². The number of carbonyl (C=O) groups is 1. The minimum atomic E-state index is -0.902. The zero-order valence-electron chi connectivity index (χ0n) is 16.0. The van der Waals surface area contributed by atoms with E-state index in [1.807, 2.05) is 0 Å². The van der Waals surface area contributed by atoms with Gasteiger partial charge in [-0.1, -0.05) is 0 Å². The Hall–Kier alpha value is -4.22. The molecule has 0 unspecified atom stereocenters. The SMILES string of the molecule is Nc1nc2c([nH]c(=O)n2[C@H]2C[C@H](O)[C@@H](CO)O2)c(=O)[nH]1.Nc1nc2c(c(=O)[nH]1)=NC(=O)N=2. The molecule has 2 amide bonds. The Kier molecular flexibility index (Phi) is 5.12. The second kappa shape index (κ2) is 7.80. The summed E-state index contributed by atoms with van der Waals surface area (Å²) < 4.78 is 6.50. The minimum Gasteiger partial charge on any atom is -0.394 e. The zero-order chi connectivity index (χ0) is 23.2. The Bertz CT molecular complexity index is 1520. The number of urea groups is 1. The molecule has 0 aliphatic carbocycles. The summed E-state index contributed by atoms with van der Waals surface area (Å²) in [5, 5.41) is 18.7. The third-order valence-electron chi connectivity index (χ3n) is 4.57. The summed E-state index contributed by atoms with van der Waals surface area (Å²) in [4.78, 5) is 66.2. The Morgan fingerprint density at radius 2 is 1.72 bits per heavy atom. The highest BCUT2D eigenvalue weighted by Gasteiger charge is 2.36. The summed E-state index contributed by atoms with van der Waals surface area (Å²) in [6.07, 6.45) is -2.40. The average molecular weight is 448 g/mol. The average Bonchev–Trinajstić information content (AvgIpc) is 3.36. The van der Waals surface area contributed by atoms with Gasteiger partial charge in [0.05, 0.1) is 12.7 Å². The van der Waals surface area contributed by atoms with E-state index in [0.717, 1.165) is 4.57 Å². The van der Waals surface area contributed by atoms with Gasteiger partial charge in [-0.05, 0) is 0 Å². The predicted molar refractivity (Wildman–Crippen MR) is 104 cm³/mol. The monoisotopic (exact) mass is 448 g/mol. The molecule has 5 rings (SSSR count). The molecule has 0 bridgehead atoms. The Balaban J connectivity index is 0.000000174. The van der Waals surface area contributed by atoms with Crippen molar-refractivity contribution in [3.8, 4) is 0 Å². The number of rotatable bonds is 2. The lowest BCUT2D eigenvalue weighted by molar-refractivity contribution is -0.0441. The number of amides is 2. The van der Waals surface area contributed by atoms with E-state index < -0.39 is 41.3 Å². The number of ether oxygens (including phenoxy) is 1. The number of anilines is 2. The first kappa shape index (κ1) is 21.0. The lowest BCUT2D eigenvalue weighted by atomic mass is 10.2. The number of aromatic amines is 3. The van der Waals surface area contributed by atoms with Gasteiger partial charge in [-0.25, -0.2) is 14.2 Å². The number of nitrogen functional groups attached to an aromatic ring is 2. The van der Waals surface area contributed by atoms with Crippen molar-refractivity contribution in [1.82, 2.24) is 29.5 Å². The van der Waals surface area contributed by atoms with Gasteiger partial charge in [0.15, 0.2) is 22.0 Å². The summed E-state index contributed by atoms with van der Waals surface area (Å²) in [7, 11) is 0. The van der Waals surface area contributed by atoms with E-state index in [4.69, 9.17) is 21.3 Å². The fraction of sp³-hybridized carbons (Fsp3) is 0.333. The molecule has 2 aliphatic rings. The van der Waals surface area contributed by atoms with Crippen LogP contribution in [0.5, 0.6) is 0 Å². The second-order valence-corrected chi connectivity index (χ2v) is 6.69. The largest absolute Gasteiger partial charge is 0.394 e. The number of carbonyl (C=O) groups excluding carboxylic acids is 1. The number of aromatic nitrogens is 6. The fourth-order valence-corrected chi connectivity index (χ4v) is 3.20. The summed E-state index contributed by atoms with van der Waals surface area (Å²) in [5.41, 5.74) is 8.95. The highest BCUT2D eigenvalue weighted by Crippen LogP contribution is 2.28. The van der Waals surface area contributed by atoms with Crippen LogP contribution in [0.25, 0.3) is 11.2 Å². The van der Waals surface area contributed by atoms with Crippen molar-refractivity contribution in [2.45, 2.75) is 24.9 Å². The van der Waals surface area contributed by atoms with Gasteiger partial charge in [0.25, 0.3) is 11.1 Å². The molecule has 32 heavy (non-hydrogen) atoms. The Labute approximate surface area is 174 Å². The number of aliphatic hydroxyl groups is 2. The summed E-state index contributed by atoms with van der Waals surface area (Å²) >= 11 is 0. The quantitative estimate of drug-likeness (QED) is 0.196. The molecule has 5 heterocycles. The summed E-state index contributed by atoms with van der Waals surface area (Å²) in [6, 6.07) is -0.728. The van der Waals surface area contributed by atoms with Gasteiger partial charge in [-0.15, -0.1) is 0 Å². The van der Waals surface area contributed by atoms with E-state index in [-0.39, 0.29) is 46.9 Å². The van der Waals surface area contributed by atoms with E-state index in [9.17, 15) is 24.3 Å². The van der Waals surface area contributed by atoms with Crippen molar-refractivity contribution in [2.75, 3.05) is 18.1 Å². The van der Waals surface area contributed by atoms with Gasteiger partial charge < -0.3 is 26.4 Å². The van der Waals surface area contributed by atoms with Crippen molar-refractivity contribution in [3.05, 3.63) is 42.0 Å². The highest BCUT2D eigenvalue weighted by molar-refractivity contribution is 5.77. The Morgan fingerprint density at radius 3 is 2.41 bits per heavy atom. The summed E-state index contributed by atoms with van der Waals surface area (Å²) in [5.74, 6) is -0.208. The molecule has 3 aromatic heterocycles. The van der Waals surface area contributed by atoms with Crippen LogP contribution in [0.4, 0.5) is 16.7 Å². The van der Waals surface area contributed by atoms with Gasteiger partial charge in [-0.2, -0.15) is 20.0 Å². The van der Waals surface area contributed by atoms with Crippen LogP contribution in [-0.2, 0) is 4.74 Å². The number of aliphatic hydroxyl groups excluding tert-OH is 2. The van der Waals surface area contributed by atoms with Crippen LogP contribution in [0, 0.1) is 0 Å². The maximum atomic E-state index is 11.9. The van der Waals surface area contributed by atoms with Crippen LogP contribution >= 0.6 is 0 Å². The molecule has 1 fully saturated rings. The van der Waals surface area contributed by atoms with Gasteiger partial charge in [-0.3, -0.25) is 24.5 Å². The fourth-order valence-electron chi connectivity index (χ4n) is 3.20. The third-order valence-corrected chi connectivity index (χ3v) is 4.57. The molecule has 0 radical (unpaired) electrons. The third kappa shape index (κ3) is 3.66. The van der Waals surface area contributed by atoms with Crippen molar-refractivity contribution < 1.29 is 19.7 Å². The van der Waals surface area contributed by atoms with Crippen molar-refractivity contribution in [3.63, 3.8) is 0 Å². The molecule has 2 aliphatic heterocycles. The first-order valence-corrected chi connectivity index (χ1v) is 8.99. The van der Waals surface area contributed by atoms with E-state index in [1.54, 1.807) is 0 Å². The first-order chi connectivity index (χ1) is 15.2. The van der Waals surface area contributed by atoms with Crippen LogP contribution in [-0.4, -0.2) is 64.5 Å². The van der Waals surface area contributed by atoms with Crippen molar-refractivity contribution >= 4 is 29.1 Å². The maximum absolute atomic E-state index is 11.9. The highest BCUT2D eigenvalue weighted by atomic mass is 16.5. The van der Waals surface area contributed by atoms with Gasteiger partial charge >= 0.3 is 11.7 Å². The molecule has 3 aromatic rings. The Morgan fingerprint density at radius 1 is 1.03 bits per heavy atom. The van der Waals surface area contributed by atoms with Crippen LogP contribution in [0.1, 0.15) is 12.6 Å². The number of H-pyrrole nitrogens is 3. The van der Waals surface area contributed by atoms with E-state index in [1.165, 1.54) is 0 Å². The van der Waals surface area contributed by atoms with Crippen LogP contribution in [0.3, 0.4) is 0 Å². The molecule has 17 heteroatoms. The smallest absolute Gasteiger partial charge is 0.370 e. The summed E-state index contributed by atoms with van der Waals surface area (Å²) in [6.45, 7) is -0.370. The number of fused-ring (bicyclic) bond motifs is 2. The molecule has 1 saturated heterocycles. The predicted octanol–water partition coefficient (Wildman–Crippen LogP) is -4.64. The maximum Gasteiger partial charge on any atom is 0.370 e.